The van der Waals surface area contributed by atoms with Gasteiger partial charge in [0.25, 0.3) is 0 Å². The number of thioether (sulfide) groups is 1. The molecule has 0 saturated heterocycles. The number of rotatable bonds is 9. The smallest absolute Gasteiger partial charge is 0.119 e. The third kappa shape index (κ3) is 5.45. The molecule has 1 aliphatic carbocycles. The highest BCUT2D eigenvalue weighted by Gasteiger charge is 2.21. The van der Waals surface area contributed by atoms with Gasteiger partial charge in [0, 0.05) is 6.04 Å². The molecule has 2 rings (SSSR count). The van der Waals surface area contributed by atoms with Crippen molar-refractivity contribution < 1.29 is 4.74 Å². The molecule has 1 saturated carbocycles. The van der Waals surface area contributed by atoms with Crippen molar-refractivity contribution in [2.45, 2.75) is 31.7 Å². The van der Waals surface area contributed by atoms with E-state index in [-0.39, 0.29) is 0 Å². The minimum atomic E-state index is 0.736. The molecule has 19 heavy (non-hydrogen) atoms. The largest absolute Gasteiger partial charge is 0.497 e. The monoisotopic (exact) mass is 279 g/mol. The van der Waals surface area contributed by atoms with Gasteiger partial charge >= 0.3 is 0 Å². The summed E-state index contributed by atoms with van der Waals surface area (Å²) in [7, 11) is 1.74. The second-order valence-electron chi connectivity index (χ2n) is 5.39. The summed E-state index contributed by atoms with van der Waals surface area (Å²) >= 11 is 1.95. The van der Waals surface area contributed by atoms with Gasteiger partial charge in [-0.15, -0.1) is 0 Å². The van der Waals surface area contributed by atoms with Crippen LogP contribution in [0.1, 0.15) is 24.8 Å². The predicted octanol–water partition coefficient (Wildman–Crippen LogP) is 3.36. The van der Waals surface area contributed by atoms with Crippen LogP contribution in [0.25, 0.3) is 0 Å². The summed E-state index contributed by atoms with van der Waals surface area (Å²) in [4.78, 5) is 0. The van der Waals surface area contributed by atoms with Crippen LogP contribution in [0.15, 0.2) is 24.3 Å². The Labute approximate surface area is 121 Å². The lowest BCUT2D eigenvalue weighted by Crippen LogP contribution is -2.26. The Balaban J connectivity index is 1.88. The molecule has 1 N–H and O–H groups in total. The zero-order valence-corrected chi connectivity index (χ0v) is 12.8. The first kappa shape index (κ1) is 14.7. The van der Waals surface area contributed by atoms with Crippen LogP contribution in [0.4, 0.5) is 0 Å². The van der Waals surface area contributed by atoms with Crippen LogP contribution in [0.2, 0.25) is 0 Å². The fourth-order valence-electron chi connectivity index (χ4n) is 2.31. The lowest BCUT2D eigenvalue weighted by molar-refractivity contribution is 0.412. The van der Waals surface area contributed by atoms with E-state index in [0.717, 1.165) is 30.7 Å². The van der Waals surface area contributed by atoms with Crippen molar-refractivity contribution in [2.24, 2.45) is 5.92 Å². The maximum Gasteiger partial charge on any atom is 0.119 e. The van der Waals surface area contributed by atoms with E-state index in [1.807, 2.05) is 17.8 Å². The molecule has 1 aromatic carbocycles. The van der Waals surface area contributed by atoms with Crippen molar-refractivity contribution in [3.05, 3.63) is 29.8 Å². The number of benzene rings is 1. The highest BCUT2D eigenvalue weighted by Crippen LogP contribution is 2.22. The maximum absolute atomic E-state index is 5.31. The van der Waals surface area contributed by atoms with E-state index in [1.54, 1.807) is 7.11 Å². The van der Waals surface area contributed by atoms with Crippen LogP contribution in [0.3, 0.4) is 0 Å². The number of hydrogen-bond donors (Lipinski definition) is 1. The molecule has 1 unspecified atom stereocenters. The first-order valence-corrected chi connectivity index (χ1v) is 8.56. The van der Waals surface area contributed by atoms with E-state index in [2.05, 4.69) is 29.8 Å². The van der Waals surface area contributed by atoms with Gasteiger partial charge in [-0.3, -0.25) is 0 Å². The summed E-state index contributed by atoms with van der Waals surface area (Å²) in [5, 5.41) is 3.67. The SMILES string of the molecule is COc1cccc(CC(CCSC)CNC2CC2)c1. The fourth-order valence-corrected chi connectivity index (χ4v) is 2.88. The van der Waals surface area contributed by atoms with Gasteiger partial charge in [0.05, 0.1) is 7.11 Å². The Morgan fingerprint density at radius 1 is 1.42 bits per heavy atom. The topological polar surface area (TPSA) is 21.3 Å². The number of hydrogen-bond acceptors (Lipinski definition) is 3. The van der Waals surface area contributed by atoms with Crippen LogP contribution in [-0.4, -0.2) is 31.7 Å². The van der Waals surface area contributed by atoms with E-state index in [4.69, 9.17) is 4.74 Å². The molecular formula is C16H25NOS. The van der Waals surface area contributed by atoms with Crippen molar-refractivity contribution in [1.29, 1.82) is 0 Å². The highest BCUT2D eigenvalue weighted by molar-refractivity contribution is 7.98. The molecule has 0 radical (unpaired) electrons. The summed E-state index contributed by atoms with van der Waals surface area (Å²) in [6.07, 6.45) is 7.37. The third-order valence-electron chi connectivity index (χ3n) is 3.66. The molecule has 3 heteroatoms. The summed E-state index contributed by atoms with van der Waals surface area (Å²) in [5.41, 5.74) is 1.39. The van der Waals surface area contributed by atoms with Crippen molar-refractivity contribution in [3.8, 4) is 5.75 Å². The number of methoxy groups -OCH3 is 1. The van der Waals surface area contributed by atoms with Crippen molar-refractivity contribution in [3.63, 3.8) is 0 Å². The average molecular weight is 279 g/mol. The molecule has 0 aromatic heterocycles. The van der Waals surface area contributed by atoms with Gasteiger partial charge in [0.1, 0.15) is 5.75 Å². The van der Waals surface area contributed by atoms with Crippen LogP contribution in [-0.2, 0) is 6.42 Å². The van der Waals surface area contributed by atoms with E-state index >= 15 is 0 Å². The molecule has 0 spiro atoms. The lowest BCUT2D eigenvalue weighted by atomic mass is 9.96. The lowest BCUT2D eigenvalue weighted by Gasteiger charge is -2.17. The summed E-state index contributed by atoms with van der Waals surface area (Å²) in [6.45, 7) is 1.16. The molecule has 0 heterocycles. The molecule has 1 aliphatic rings. The van der Waals surface area contributed by atoms with Gasteiger partial charge in [0.2, 0.25) is 0 Å². The zero-order chi connectivity index (χ0) is 13.5. The first-order valence-electron chi connectivity index (χ1n) is 7.17. The third-order valence-corrected chi connectivity index (χ3v) is 4.31. The molecule has 106 valence electrons. The fraction of sp³-hybridized carbons (Fsp3) is 0.625. The molecule has 2 nitrogen and oxygen atoms in total. The Bertz CT molecular complexity index is 379. The molecule has 0 amide bonds. The second-order valence-corrected chi connectivity index (χ2v) is 6.37. The molecule has 0 bridgehead atoms. The minimum Gasteiger partial charge on any atom is -0.497 e. The maximum atomic E-state index is 5.31. The molecule has 1 fully saturated rings. The predicted molar refractivity (Wildman–Crippen MR) is 84.2 cm³/mol. The van der Waals surface area contributed by atoms with Crippen LogP contribution < -0.4 is 10.1 Å². The van der Waals surface area contributed by atoms with E-state index in [9.17, 15) is 0 Å². The van der Waals surface area contributed by atoms with E-state index < -0.39 is 0 Å². The van der Waals surface area contributed by atoms with E-state index in [1.165, 1.54) is 30.6 Å². The molecule has 1 aromatic rings. The van der Waals surface area contributed by atoms with Gasteiger partial charge in [-0.2, -0.15) is 11.8 Å². The van der Waals surface area contributed by atoms with Crippen LogP contribution in [0.5, 0.6) is 5.75 Å². The average Bonchev–Trinajstić information content (AvgIpc) is 3.26. The highest BCUT2D eigenvalue weighted by atomic mass is 32.2. The van der Waals surface area contributed by atoms with Gasteiger partial charge < -0.3 is 10.1 Å². The normalized spacial score (nSPS) is 16.3. The number of nitrogens with one attached hydrogen (secondary N) is 1. The Morgan fingerprint density at radius 3 is 2.95 bits per heavy atom. The van der Waals surface area contributed by atoms with E-state index in [0.29, 0.717) is 0 Å². The molecule has 0 aliphatic heterocycles. The van der Waals surface area contributed by atoms with Gasteiger partial charge in [-0.25, -0.2) is 0 Å². The zero-order valence-electron chi connectivity index (χ0n) is 12.0. The Morgan fingerprint density at radius 2 is 2.26 bits per heavy atom. The van der Waals surface area contributed by atoms with Gasteiger partial charge in [-0.05, 0) is 67.9 Å². The van der Waals surface area contributed by atoms with Crippen molar-refractivity contribution in [2.75, 3.05) is 25.7 Å². The second kappa shape index (κ2) is 7.81. The summed E-state index contributed by atoms with van der Waals surface area (Å²) in [6, 6.07) is 9.30. The van der Waals surface area contributed by atoms with Crippen molar-refractivity contribution in [1.82, 2.24) is 5.32 Å². The minimum absolute atomic E-state index is 0.736. The quantitative estimate of drug-likeness (QED) is 0.749. The number of ether oxygens (including phenoxy) is 1. The van der Waals surface area contributed by atoms with Crippen LogP contribution >= 0.6 is 11.8 Å². The Kier molecular flexibility index (Phi) is 6.05. The molecule has 1 atom stereocenters. The van der Waals surface area contributed by atoms with Gasteiger partial charge in [0.15, 0.2) is 0 Å². The molecular weight excluding hydrogens is 254 g/mol. The van der Waals surface area contributed by atoms with Gasteiger partial charge in [-0.1, -0.05) is 12.1 Å². The standard InChI is InChI=1S/C16H25NOS/c1-18-16-5-3-4-13(11-16)10-14(8-9-19-2)12-17-15-6-7-15/h3-5,11,14-15,17H,6-10,12H2,1-2H3. The Hall–Kier alpha value is -0.670. The first-order chi connectivity index (χ1) is 9.31. The van der Waals surface area contributed by atoms with Crippen LogP contribution in [0, 0.1) is 5.92 Å². The summed E-state index contributed by atoms with van der Waals surface area (Å²) in [5.74, 6) is 2.96. The van der Waals surface area contributed by atoms with Crippen molar-refractivity contribution >= 4 is 11.8 Å². The summed E-state index contributed by atoms with van der Waals surface area (Å²) < 4.78 is 5.31.